The molecule has 1 aliphatic heterocycles. The van der Waals surface area contributed by atoms with E-state index in [9.17, 15) is 13.2 Å². The van der Waals surface area contributed by atoms with E-state index in [2.05, 4.69) is 26.1 Å². The standard InChI is InChI=1S/C26H34N2O4S/c1-26(2,3)20-14-15-23-22(16-20)28(33(30,31)21-12-8-5-9-13-21)18-24(32-23)25(29)27-17-19-10-6-4-7-11-19/h5,8-9,12-16,19,24H,4,6-7,10-11,17-18H2,1-3H3,(H,27,29)/t24-/m1/s1. The molecule has 1 amide bonds. The van der Waals surface area contributed by atoms with Crippen LogP contribution < -0.4 is 14.4 Å². The number of hydrogen-bond donors (Lipinski definition) is 1. The molecule has 1 N–H and O–H groups in total. The summed E-state index contributed by atoms with van der Waals surface area (Å²) >= 11 is 0. The van der Waals surface area contributed by atoms with Crippen molar-refractivity contribution in [3.05, 3.63) is 54.1 Å². The van der Waals surface area contributed by atoms with E-state index in [1.165, 1.54) is 23.6 Å². The first-order chi connectivity index (χ1) is 15.7. The molecule has 0 bridgehead atoms. The Kier molecular flexibility index (Phi) is 6.71. The number of carbonyl (C=O) groups is 1. The molecule has 178 valence electrons. The average molecular weight is 471 g/mol. The van der Waals surface area contributed by atoms with Crippen molar-refractivity contribution < 1.29 is 17.9 Å². The Hall–Kier alpha value is -2.54. The van der Waals surface area contributed by atoms with Crippen molar-refractivity contribution in [1.29, 1.82) is 0 Å². The molecule has 2 aliphatic rings. The summed E-state index contributed by atoms with van der Waals surface area (Å²) < 4.78 is 34.6. The number of hydrogen-bond acceptors (Lipinski definition) is 4. The van der Waals surface area contributed by atoms with Gasteiger partial charge in [-0.15, -0.1) is 0 Å². The maximum absolute atomic E-state index is 13.6. The van der Waals surface area contributed by atoms with E-state index in [1.807, 2.05) is 12.1 Å². The normalized spacial score (nSPS) is 19.5. The molecule has 6 nitrogen and oxygen atoms in total. The molecular formula is C26H34N2O4S. The second kappa shape index (κ2) is 9.37. The van der Waals surface area contributed by atoms with Gasteiger partial charge in [-0.1, -0.05) is 64.3 Å². The summed E-state index contributed by atoms with van der Waals surface area (Å²) in [5.74, 6) is 0.628. The third kappa shape index (κ3) is 5.18. The molecule has 2 aromatic carbocycles. The van der Waals surface area contributed by atoms with Gasteiger partial charge in [0, 0.05) is 6.54 Å². The van der Waals surface area contributed by atoms with Crippen LogP contribution in [0.15, 0.2) is 53.4 Å². The summed E-state index contributed by atoms with van der Waals surface area (Å²) in [6.45, 7) is 6.79. The lowest BCUT2D eigenvalue weighted by Crippen LogP contribution is -2.51. The molecule has 1 heterocycles. The molecule has 7 heteroatoms. The molecule has 1 atom stereocenters. The highest BCUT2D eigenvalue weighted by molar-refractivity contribution is 7.92. The van der Waals surface area contributed by atoms with Crippen LogP contribution in [0.5, 0.6) is 5.75 Å². The zero-order chi connectivity index (χ0) is 23.6. The number of nitrogens with one attached hydrogen (secondary N) is 1. The summed E-state index contributed by atoms with van der Waals surface area (Å²) in [5, 5.41) is 3.01. The van der Waals surface area contributed by atoms with E-state index in [0.29, 0.717) is 23.9 Å². The number of ether oxygens (including phenoxy) is 1. The first-order valence-electron chi connectivity index (χ1n) is 11.8. The van der Waals surface area contributed by atoms with Crippen LogP contribution in [0.4, 0.5) is 5.69 Å². The number of carbonyl (C=O) groups excluding carboxylic acids is 1. The van der Waals surface area contributed by atoms with Gasteiger partial charge in [-0.2, -0.15) is 0 Å². The van der Waals surface area contributed by atoms with E-state index < -0.39 is 16.1 Å². The van der Waals surface area contributed by atoms with Crippen molar-refractivity contribution in [3.63, 3.8) is 0 Å². The van der Waals surface area contributed by atoms with Crippen LogP contribution in [0.3, 0.4) is 0 Å². The molecule has 4 rings (SSSR count). The third-order valence-corrected chi connectivity index (χ3v) is 8.40. The lowest BCUT2D eigenvalue weighted by atomic mass is 9.86. The molecule has 0 radical (unpaired) electrons. The SMILES string of the molecule is CC(C)(C)c1ccc2c(c1)N(S(=O)(=O)c1ccccc1)C[C@H](C(=O)NCC1CCCCC1)O2. The summed E-state index contributed by atoms with van der Waals surface area (Å²) in [5.41, 5.74) is 1.31. The minimum absolute atomic E-state index is 0.0612. The molecule has 33 heavy (non-hydrogen) atoms. The molecule has 0 spiro atoms. The van der Waals surface area contributed by atoms with Crippen molar-refractivity contribution >= 4 is 21.6 Å². The minimum Gasteiger partial charge on any atom is -0.476 e. The number of amides is 1. The zero-order valence-electron chi connectivity index (χ0n) is 19.7. The predicted molar refractivity (Wildman–Crippen MR) is 130 cm³/mol. The highest BCUT2D eigenvalue weighted by Crippen LogP contribution is 2.40. The monoisotopic (exact) mass is 470 g/mol. The van der Waals surface area contributed by atoms with Crippen molar-refractivity contribution in [3.8, 4) is 5.75 Å². The largest absolute Gasteiger partial charge is 0.476 e. The van der Waals surface area contributed by atoms with Crippen LogP contribution in [0.2, 0.25) is 0 Å². The van der Waals surface area contributed by atoms with Gasteiger partial charge >= 0.3 is 0 Å². The summed E-state index contributed by atoms with van der Waals surface area (Å²) in [7, 11) is -3.87. The lowest BCUT2D eigenvalue weighted by Gasteiger charge is -2.36. The number of fused-ring (bicyclic) bond motifs is 1. The van der Waals surface area contributed by atoms with Gasteiger partial charge in [0.2, 0.25) is 0 Å². The van der Waals surface area contributed by atoms with Crippen molar-refractivity contribution in [2.24, 2.45) is 5.92 Å². The highest BCUT2D eigenvalue weighted by atomic mass is 32.2. The van der Waals surface area contributed by atoms with Crippen LogP contribution >= 0.6 is 0 Å². The molecule has 1 fully saturated rings. The van der Waals surface area contributed by atoms with Crippen LogP contribution in [-0.2, 0) is 20.2 Å². The van der Waals surface area contributed by atoms with Gasteiger partial charge < -0.3 is 10.1 Å². The van der Waals surface area contributed by atoms with Crippen LogP contribution in [-0.4, -0.2) is 33.5 Å². The second-order valence-corrected chi connectivity index (χ2v) is 12.0. The zero-order valence-corrected chi connectivity index (χ0v) is 20.5. The van der Waals surface area contributed by atoms with Gasteiger partial charge in [0.15, 0.2) is 6.10 Å². The first-order valence-corrected chi connectivity index (χ1v) is 13.3. The van der Waals surface area contributed by atoms with Gasteiger partial charge in [-0.05, 0) is 54.0 Å². The predicted octanol–water partition coefficient (Wildman–Crippen LogP) is 4.64. The number of rotatable bonds is 5. The maximum atomic E-state index is 13.6. The lowest BCUT2D eigenvalue weighted by molar-refractivity contribution is -0.128. The van der Waals surface area contributed by atoms with Gasteiger partial charge in [0.25, 0.3) is 15.9 Å². The Morgan fingerprint density at radius 3 is 2.42 bits per heavy atom. The fourth-order valence-corrected chi connectivity index (χ4v) is 6.04. The number of sulfonamides is 1. The Morgan fingerprint density at radius 2 is 1.76 bits per heavy atom. The molecule has 0 aromatic heterocycles. The summed E-state index contributed by atoms with van der Waals surface area (Å²) in [6.07, 6.45) is 5.01. The molecule has 0 unspecified atom stereocenters. The van der Waals surface area contributed by atoms with Gasteiger partial charge in [0.05, 0.1) is 17.1 Å². The third-order valence-electron chi connectivity index (χ3n) is 6.61. The molecular weight excluding hydrogens is 436 g/mol. The van der Waals surface area contributed by atoms with Crippen molar-refractivity contribution in [1.82, 2.24) is 5.32 Å². The van der Waals surface area contributed by atoms with E-state index in [0.717, 1.165) is 18.4 Å². The molecule has 0 saturated heterocycles. The van der Waals surface area contributed by atoms with Crippen LogP contribution in [0, 0.1) is 5.92 Å². The molecule has 1 aliphatic carbocycles. The number of benzene rings is 2. The Labute approximate surface area is 197 Å². The van der Waals surface area contributed by atoms with E-state index >= 15 is 0 Å². The van der Waals surface area contributed by atoms with Gasteiger partial charge in [-0.3, -0.25) is 9.10 Å². The van der Waals surface area contributed by atoms with Gasteiger partial charge in [0.1, 0.15) is 5.75 Å². The number of nitrogens with zero attached hydrogens (tertiary/aromatic N) is 1. The van der Waals surface area contributed by atoms with E-state index in [1.54, 1.807) is 36.4 Å². The smallest absolute Gasteiger partial charge is 0.264 e. The topological polar surface area (TPSA) is 75.7 Å². The van der Waals surface area contributed by atoms with Crippen LogP contribution in [0.1, 0.15) is 58.4 Å². The molecule has 1 saturated carbocycles. The Bertz CT molecular complexity index is 1090. The fraction of sp³-hybridized carbons (Fsp3) is 0.500. The maximum Gasteiger partial charge on any atom is 0.264 e. The summed E-state index contributed by atoms with van der Waals surface area (Å²) in [4.78, 5) is 13.2. The summed E-state index contributed by atoms with van der Waals surface area (Å²) in [6, 6.07) is 13.9. The second-order valence-electron chi connectivity index (χ2n) is 10.1. The quantitative estimate of drug-likeness (QED) is 0.691. The molecule has 2 aromatic rings. The Balaban J connectivity index is 1.64. The Morgan fingerprint density at radius 1 is 1.06 bits per heavy atom. The van der Waals surface area contributed by atoms with Gasteiger partial charge in [-0.25, -0.2) is 8.42 Å². The minimum atomic E-state index is -3.87. The van der Waals surface area contributed by atoms with Crippen molar-refractivity contribution in [2.45, 2.75) is 69.3 Å². The van der Waals surface area contributed by atoms with Crippen molar-refractivity contribution in [2.75, 3.05) is 17.4 Å². The van der Waals surface area contributed by atoms with Crippen LogP contribution in [0.25, 0.3) is 0 Å². The fourth-order valence-electron chi connectivity index (χ4n) is 4.55. The van der Waals surface area contributed by atoms with E-state index in [4.69, 9.17) is 4.74 Å². The average Bonchev–Trinajstić information content (AvgIpc) is 2.82. The highest BCUT2D eigenvalue weighted by Gasteiger charge is 2.38. The van der Waals surface area contributed by atoms with E-state index in [-0.39, 0.29) is 22.8 Å². The number of anilines is 1. The first kappa shape index (κ1) is 23.6.